The fourth-order valence-corrected chi connectivity index (χ4v) is 2.33. The Bertz CT molecular complexity index is 1120. The van der Waals surface area contributed by atoms with Crippen LogP contribution in [0.3, 0.4) is 0 Å². The van der Waals surface area contributed by atoms with Gasteiger partial charge in [-0.3, -0.25) is 14.9 Å². The number of nitro groups is 1. The molecule has 2 aromatic heterocycles. The molecular formula is C14H13N9O6. The Morgan fingerprint density at radius 3 is 2.86 bits per heavy atom. The van der Waals surface area contributed by atoms with Crippen LogP contribution in [0.15, 0.2) is 21.9 Å². The van der Waals surface area contributed by atoms with Crippen molar-refractivity contribution in [3.8, 4) is 17.3 Å². The summed E-state index contributed by atoms with van der Waals surface area (Å²) in [5, 5.41) is 39.0. The number of hydrogen-bond donors (Lipinski definition) is 3. The average molecular weight is 403 g/mol. The van der Waals surface area contributed by atoms with Crippen molar-refractivity contribution in [2.75, 3.05) is 12.8 Å². The summed E-state index contributed by atoms with van der Waals surface area (Å²) in [7, 11) is 1.22. The minimum atomic E-state index is -0.760. The van der Waals surface area contributed by atoms with E-state index in [9.17, 15) is 20.0 Å². The topological polar surface area (TPSA) is 210 Å². The van der Waals surface area contributed by atoms with Crippen molar-refractivity contribution in [2.45, 2.75) is 6.92 Å². The van der Waals surface area contributed by atoms with Gasteiger partial charge in [-0.15, -0.1) is 5.10 Å². The molecule has 0 spiro atoms. The number of anilines is 1. The number of nitro benzene ring substituents is 1. The number of rotatable bonds is 6. The zero-order chi connectivity index (χ0) is 21.1. The Hall–Kier alpha value is -4.56. The van der Waals surface area contributed by atoms with E-state index in [0.717, 1.165) is 12.3 Å². The minimum Gasteiger partial charge on any atom is -0.499 e. The molecule has 4 N–H and O–H groups in total. The Morgan fingerprint density at radius 1 is 1.48 bits per heavy atom. The van der Waals surface area contributed by atoms with Crippen LogP contribution in [0, 0.1) is 17.0 Å². The molecule has 0 aliphatic rings. The molecule has 3 rings (SSSR count). The molecule has 0 bridgehead atoms. The zero-order valence-electron chi connectivity index (χ0n) is 14.9. The van der Waals surface area contributed by atoms with Crippen molar-refractivity contribution in [2.24, 2.45) is 5.10 Å². The Balaban J connectivity index is 1.79. The van der Waals surface area contributed by atoms with Gasteiger partial charge in [0.2, 0.25) is 17.4 Å². The third-order valence-electron chi connectivity index (χ3n) is 3.72. The summed E-state index contributed by atoms with van der Waals surface area (Å²) in [6.07, 6.45) is 1.14. The van der Waals surface area contributed by atoms with Crippen LogP contribution in [0.4, 0.5) is 11.5 Å². The van der Waals surface area contributed by atoms with Crippen LogP contribution in [-0.2, 0) is 0 Å². The number of hydrazone groups is 1. The van der Waals surface area contributed by atoms with Gasteiger partial charge in [0.25, 0.3) is 5.91 Å². The number of hydrogen-bond acceptors (Lipinski definition) is 12. The molecule has 0 saturated carbocycles. The van der Waals surface area contributed by atoms with Crippen LogP contribution in [0.25, 0.3) is 5.82 Å². The molecule has 150 valence electrons. The van der Waals surface area contributed by atoms with Crippen molar-refractivity contribution in [1.82, 2.24) is 30.7 Å². The van der Waals surface area contributed by atoms with Gasteiger partial charge in [0.15, 0.2) is 11.4 Å². The third kappa shape index (κ3) is 3.51. The third-order valence-corrected chi connectivity index (χ3v) is 3.72. The molecule has 1 aromatic carbocycles. The Morgan fingerprint density at radius 2 is 2.24 bits per heavy atom. The molecule has 2 heterocycles. The highest BCUT2D eigenvalue weighted by molar-refractivity contribution is 5.94. The van der Waals surface area contributed by atoms with Gasteiger partial charge in [-0.25, -0.2) is 10.1 Å². The van der Waals surface area contributed by atoms with Gasteiger partial charge in [0.1, 0.15) is 0 Å². The van der Waals surface area contributed by atoms with Gasteiger partial charge < -0.3 is 15.6 Å². The number of nitrogen functional groups attached to an aromatic ring is 1. The molecular weight excluding hydrogens is 390 g/mol. The van der Waals surface area contributed by atoms with E-state index in [1.165, 1.54) is 17.9 Å². The normalized spacial score (nSPS) is 11.0. The van der Waals surface area contributed by atoms with Crippen molar-refractivity contribution < 1.29 is 24.2 Å². The highest BCUT2D eigenvalue weighted by Gasteiger charge is 2.22. The van der Waals surface area contributed by atoms with Crippen molar-refractivity contribution in [3.63, 3.8) is 0 Å². The fraction of sp³-hybridized carbons (Fsp3) is 0.143. The lowest BCUT2D eigenvalue weighted by Gasteiger charge is -2.06. The van der Waals surface area contributed by atoms with Crippen LogP contribution in [-0.4, -0.2) is 54.6 Å². The molecule has 15 heteroatoms. The first-order valence-corrected chi connectivity index (χ1v) is 7.73. The van der Waals surface area contributed by atoms with Gasteiger partial charge in [-0.1, -0.05) is 5.21 Å². The van der Waals surface area contributed by atoms with Crippen LogP contribution < -0.4 is 15.9 Å². The van der Waals surface area contributed by atoms with Crippen LogP contribution in [0.1, 0.15) is 21.7 Å². The van der Waals surface area contributed by atoms with Crippen LogP contribution in [0.2, 0.25) is 0 Å². The van der Waals surface area contributed by atoms with Gasteiger partial charge >= 0.3 is 5.69 Å². The SMILES string of the molecule is COc1c(/C=N/NC(=O)c2nnn(-c3nonc3N)c2C)ccc([N+](=O)[O-])c1O. The number of nitrogens with two attached hydrogens (primary N) is 1. The number of ether oxygens (including phenoxy) is 1. The first-order valence-electron chi connectivity index (χ1n) is 7.73. The number of methoxy groups -OCH3 is 1. The standard InChI is InChI=1S/C14H13N9O6/c1-6-9(17-21-22(6)13-12(15)19-29-20-13)14(25)18-16-5-7-3-4-8(23(26)27)10(24)11(7)28-2/h3-5,24H,1-2H3,(H2,15,19)(H,18,25)/b16-5+. The second-order valence-corrected chi connectivity index (χ2v) is 5.42. The molecule has 0 atom stereocenters. The number of benzene rings is 1. The van der Waals surface area contributed by atoms with Gasteiger partial charge in [-0.05, 0) is 23.3 Å². The lowest BCUT2D eigenvalue weighted by molar-refractivity contribution is -0.385. The maximum absolute atomic E-state index is 12.3. The number of phenolic OH excluding ortho intramolecular Hbond substituents is 1. The molecule has 0 radical (unpaired) electrons. The van der Waals surface area contributed by atoms with Gasteiger partial charge in [-0.2, -0.15) is 9.78 Å². The first kappa shape index (κ1) is 19.2. The predicted molar refractivity (Wildman–Crippen MR) is 94.7 cm³/mol. The smallest absolute Gasteiger partial charge is 0.314 e. The molecule has 29 heavy (non-hydrogen) atoms. The average Bonchev–Trinajstić information content (AvgIpc) is 3.26. The number of carbonyl (C=O) groups excluding carboxylic acids is 1. The summed E-state index contributed by atoms with van der Waals surface area (Å²) in [6, 6.07) is 2.38. The summed E-state index contributed by atoms with van der Waals surface area (Å²) in [6.45, 7) is 1.55. The second-order valence-electron chi connectivity index (χ2n) is 5.42. The summed E-state index contributed by atoms with van der Waals surface area (Å²) < 4.78 is 10.6. The highest BCUT2D eigenvalue weighted by atomic mass is 16.6. The highest BCUT2D eigenvalue weighted by Crippen LogP contribution is 2.37. The maximum Gasteiger partial charge on any atom is 0.314 e. The first-order chi connectivity index (χ1) is 13.8. The van der Waals surface area contributed by atoms with Crippen molar-refractivity contribution >= 4 is 23.6 Å². The number of aromatic hydroxyl groups is 1. The summed E-state index contributed by atoms with van der Waals surface area (Å²) in [5.74, 6) is -1.50. The largest absolute Gasteiger partial charge is 0.499 e. The van der Waals surface area contributed by atoms with E-state index >= 15 is 0 Å². The summed E-state index contributed by atoms with van der Waals surface area (Å²) in [5.41, 5.74) is 7.70. The molecule has 0 unspecified atom stereocenters. The second kappa shape index (κ2) is 7.59. The number of amides is 1. The zero-order valence-corrected chi connectivity index (χ0v) is 14.9. The number of carbonyl (C=O) groups is 1. The molecule has 0 saturated heterocycles. The number of nitrogens with zero attached hydrogens (tertiary/aromatic N) is 7. The monoisotopic (exact) mass is 403 g/mol. The molecule has 0 aliphatic carbocycles. The van der Waals surface area contributed by atoms with Crippen molar-refractivity contribution in [1.29, 1.82) is 0 Å². The predicted octanol–water partition coefficient (Wildman–Crippen LogP) is -0.0728. The van der Waals surface area contributed by atoms with E-state index in [4.69, 9.17) is 10.5 Å². The van der Waals surface area contributed by atoms with E-state index in [0.29, 0.717) is 5.69 Å². The lowest BCUT2D eigenvalue weighted by Crippen LogP contribution is -2.19. The number of phenols is 1. The Labute approximate surface area is 160 Å². The van der Waals surface area contributed by atoms with Crippen molar-refractivity contribution in [3.05, 3.63) is 39.2 Å². The van der Waals surface area contributed by atoms with Crippen LogP contribution >= 0.6 is 0 Å². The fourth-order valence-electron chi connectivity index (χ4n) is 2.33. The number of aromatic nitrogens is 5. The minimum absolute atomic E-state index is 0.0342. The van der Waals surface area contributed by atoms with Gasteiger partial charge in [0.05, 0.1) is 23.9 Å². The number of nitrogens with one attached hydrogen (secondary N) is 1. The molecule has 1 amide bonds. The van der Waals surface area contributed by atoms with E-state index in [-0.39, 0.29) is 28.6 Å². The Kier molecular flexibility index (Phi) is 5.03. The van der Waals surface area contributed by atoms with E-state index in [1.807, 2.05) is 0 Å². The van der Waals surface area contributed by atoms with E-state index in [1.54, 1.807) is 6.92 Å². The maximum atomic E-state index is 12.3. The van der Waals surface area contributed by atoms with E-state index < -0.39 is 22.3 Å². The molecule has 3 aromatic rings. The quantitative estimate of drug-likeness (QED) is 0.281. The lowest BCUT2D eigenvalue weighted by atomic mass is 10.1. The van der Waals surface area contributed by atoms with Gasteiger partial charge in [0, 0.05) is 11.6 Å². The molecule has 15 nitrogen and oxygen atoms in total. The summed E-state index contributed by atoms with van der Waals surface area (Å²) >= 11 is 0. The van der Waals surface area contributed by atoms with Crippen LogP contribution in [0.5, 0.6) is 11.5 Å². The summed E-state index contributed by atoms with van der Waals surface area (Å²) in [4.78, 5) is 22.4. The molecule has 0 aliphatic heterocycles. The molecule has 0 fully saturated rings. The van der Waals surface area contributed by atoms with E-state index in [2.05, 4.69) is 35.8 Å².